The molecule has 2 aromatic carbocycles. The lowest BCUT2D eigenvalue weighted by Gasteiger charge is -2.24. The molecule has 0 aromatic heterocycles. The van der Waals surface area contributed by atoms with Crippen molar-refractivity contribution >= 4 is 5.97 Å². The van der Waals surface area contributed by atoms with E-state index in [2.05, 4.69) is 0 Å². The molecule has 7 heteroatoms. The van der Waals surface area contributed by atoms with Crippen molar-refractivity contribution in [2.75, 3.05) is 0 Å². The van der Waals surface area contributed by atoms with Gasteiger partial charge in [-0.3, -0.25) is 0 Å². The Kier molecular flexibility index (Phi) is 5.88. The van der Waals surface area contributed by atoms with Crippen molar-refractivity contribution in [1.29, 1.82) is 5.26 Å². The zero-order valence-electron chi connectivity index (χ0n) is 14.1. The fraction of sp³-hybridized carbons (Fsp3) is 0.263. The first-order valence-electron chi connectivity index (χ1n) is 7.72. The Hall–Kier alpha value is -3.01. The second kappa shape index (κ2) is 7.91. The zero-order chi connectivity index (χ0) is 19.3. The Morgan fingerprint density at radius 2 is 1.73 bits per heavy atom. The number of nitriles is 1. The number of nitrogens with zero attached hydrogens (tertiary/aromatic N) is 1. The molecule has 0 fully saturated rings. The molecule has 0 aliphatic heterocycles. The van der Waals surface area contributed by atoms with Crippen molar-refractivity contribution in [3.05, 3.63) is 65.2 Å². The van der Waals surface area contributed by atoms with E-state index >= 15 is 0 Å². The molecule has 0 amide bonds. The van der Waals surface area contributed by atoms with E-state index in [4.69, 9.17) is 14.7 Å². The minimum absolute atomic E-state index is 0.126. The van der Waals surface area contributed by atoms with Crippen molar-refractivity contribution in [2.24, 2.45) is 0 Å². The largest absolute Gasteiger partial charge is 0.479 e. The quantitative estimate of drug-likeness (QED) is 0.735. The molecule has 0 N–H and O–H groups in total. The number of hydrogen-bond donors (Lipinski definition) is 0. The van der Waals surface area contributed by atoms with Gasteiger partial charge in [-0.25, -0.2) is 4.79 Å². The molecule has 0 unspecified atom stereocenters. The molecule has 2 rings (SSSR count). The fourth-order valence-electron chi connectivity index (χ4n) is 2.26. The number of halogens is 3. The maximum absolute atomic E-state index is 13.4. The van der Waals surface area contributed by atoms with Crippen LogP contribution < -0.4 is 4.74 Å². The lowest BCUT2D eigenvalue weighted by Crippen LogP contribution is -2.33. The van der Waals surface area contributed by atoms with Crippen LogP contribution in [0.4, 0.5) is 13.2 Å². The monoisotopic (exact) mass is 363 g/mol. The van der Waals surface area contributed by atoms with E-state index in [0.717, 1.165) is 0 Å². The maximum atomic E-state index is 13.4. The first-order valence-corrected chi connectivity index (χ1v) is 7.72. The molecule has 2 atom stereocenters. The molecule has 0 aliphatic rings. The van der Waals surface area contributed by atoms with Gasteiger partial charge in [0.05, 0.1) is 11.6 Å². The van der Waals surface area contributed by atoms with E-state index in [9.17, 15) is 18.0 Å². The average molecular weight is 363 g/mol. The summed E-state index contributed by atoms with van der Waals surface area (Å²) in [6.45, 7) is 2.81. The lowest BCUT2D eigenvalue weighted by molar-refractivity contribution is -0.227. The Labute approximate surface area is 148 Å². The summed E-state index contributed by atoms with van der Waals surface area (Å²) in [6.07, 6.45) is -8.38. The zero-order valence-corrected chi connectivity index (χ0v) is 14.1. The van der Waals surface area contributed by atoms with Crippen LogP contribution in [0.5, 0.6) is 5.75 Å². The van der Waals surface area contributed by atoms with Gasteiger partial charge in [-0.1, -0.05) is 24.3 Å². The molecule has 0 heterocycles. The summed E-state index contributed by atoms with van der Waals surface area (Å²) in [5.74, 6) is -0.896. The van der Waals surface area contributed by atoms with Crippen molar-refractivity contribution < 1.29 is 27.4 Å². The summed E-state index contributed by atoms with van der Waals surface area (Å²) in [5.41, 5.74) is 0.631. The van der Waals surface area contributed by atoms with E-state index in [1.54, 1.807) is 6.07 Å². The standard InChI is InChI=1S/C19H16F3NO3/c1-12-5-3-4-6-16(12)17(19(20,21)22)26-18(24)13(2)25-15-9-7-14(11-23)8-10-15/h3-10,13,17H,1-2H3/t13-,17+/m0/s1. The highest BCUT2D eigenvalue weighted by molar-refractivity contribution is 5.75. The summed E-state index contributed by atoms with van der Waals surface area (Å²) in [6, 6.07) is 13.6. The summed E-state index contributed by atoms with van der Waals surface area (Å²) in [5, 5.41) is 8.73. The van der Waals surface area contributed by atoms with Crippen LogP contribution in [0.1, 0.15) is 29.7 Å². The molecule has 4 nitrogen and oxygen atoms in total. The van der Waals surface area contributed by atoms with Gasteiger partial charge in [0.2, 0.25) is 6.10 Å². The third-order valence-electron chi connectivity index (χ3n) is 3.63. The second-order valence-corrected chi connectivity index (χ2v) is 5.61. The van der Waals surface area contributed by atoms with Gasteiger partial charge in [0.1, 0.15) is 5.75 Å². The molecule has 0 aliphatic carbocycles. The first-order chi connectivity index (χ1) is 12.2. The highest BCUT2D eigenvalue weighted by Gasteiger charge is 2.45. The Bertz CT molecular complexity index is 810. The molecule has 0 saturated carbocycles. The molecular weight excluding hydrogens is 347 g/mol. The Balaban J connectivity index is 2.13. The lowest BCUT2D eigenvalue weighted by atomic mass is 10.0. The number of carbonyl (C=O) groups excluding carboxylic acids is 1. The molecule has 136 valence electrons. The van der Waals surface area contributed by atoms with Gasteiger partial charge in [0.15, 0.2) is 6.10 Å². The van der Waals surface area contributed by atoms with E-state index in [1.165, 1.54) is 56.3 Å². The van der Waals surface area contributed by atoms with Gasteiger partial charge in [-0.2, -0.15) is 18.4 Å². The molecule has 0 saturated heterocycles. The van der Waals surface area contributed by atoms with Crippen LogP contribution in [0.15, 0.2) is 48.5 Å². The Morgan fingerprint density at radius 3 is 2.27 bits per heavy atom. The highest BCUT2D eigenvalue weighted by atomic mass is 19.4. The van der Waals surface area contributed by atoms with Crippen molar-refractivity contribution in [1.82, 2.24) is 0 Å². The number of rotatable bonds is 5. The fourth-order valence-corrected chi connectivity index (χ4v) is 2.26. The van der Waals surface area contributed by atoms with Crippen LogP contribution in [0.25, 0.3) is 0 Å². The maximum Gasteiger partial charge on any atom is 0.429 e. The number of benzene rings is 2. The molecule has 0 spiro atoms. The van der Waals surface area contributed by atoms with Gasteiger partial charge < -0.3 is 9.47 Å². The van der Waals surface area contributed by atoms with E-state index < -0.39 is 24.4 Å². The predicted octanol–water partition coefficient (Wildman–Crippen LogP) is 4.48. The summed E-state index contributed by atoms with van der Waals surface area (Å²) >= 11 is 0. The number of ether oxygens (including phenoxy) is 2. The predicted molar refractivity (Wildman–Crippen MR) is 87.3 cm³/mol. The second-order valence-electron chi connectivity index (χ2n) is 5.61. The summed E-state index contributed by atoms with van der Waals surface area (Å²) in [4.78, 5) is 12.1. The smallest absolute Gasteiger partial charge is 0.429 e. The molecule has 26 heavy (non-hydrogen) atoms. The van der Waals surface area contributed by atoms with Crippen LogP contribution in [-0.4, -0.2) is 18.2 Å². The number of esters is 1. The molecule has 2 aromatic rings. The van der Waals surface area contributed by atoms with Gasteiger partial charge in [0.25, 0.3) is 0 Å². The third-order valence-corrected chi connectivity index (χ3v) is 3.63. The number of alkyl halides is 3. The van der Waals surface area contributed by atoms with Crippen LogP contribution >= 0.6 is 0 Å². The van der Waals surface area contributed by atoms with Gasteiger partial charge in [0, 0.05) is 5.56 Å². The van der Waals surface area contributed by atoms with Crippen molar-refractivity contribution in [3.8, 4) is 11.8 Å². The van der Waals surface area contributed by atoms with Crippen LogP contribution in [0.2, 0.25) is 0 Å². The van der Waals surface area contributed by atoms with Crippen molar-refractivity contribution in [3.63, 3.8) is 0 Å². The number of carbonyl (C=O) groups is 1. The molecule has 0 bridgehead atoms. The summed E-state index contributed by atoms with van der Waals surface area (Å²) < 4.78 is 50.1. The van der Waals surface area contributed by atoms with E-state index in [-0.39, 0.29) is 11.3 Å². The molecular formula is C19H16F3NO3. The highest BCUT2D eigenvalue weighted by Crippen LogP contribution is 2.37. The van der Waals surface area contributed by atoms with Crippen LogP contribution in [-0.2, 0) is 9.53 Å². The third kappa shape index (κ3) is 4.76. The number of aryl methyl sites for hydroxylation is 1. The van der Waals surface area contributed by atoms with Crippen molar-refractivity contribution in [2.45, 2.75) is 32.2 Å². The topological polar surface area (TPSA) is 59.3 Å². The van der Waals surface area contributed by atoms with Gasteiger partial charge in [-0.15, -0.1) is 0 Å². The number of hydrogen-bond acceptors (Lipinski definition) is 4. The minimum atomic E-state index is -4.75. The van der Waals surface area contributed by atoms with Crippen LogP contribution in [0.3, 0.4) is 0 Å². The molecule has 0 radical (unpaired) electrons. The van der Waals surface area contributed by atoms with Gasteiger partial charge >= 0.3 is 12.1 Å². The average Bonchev–Trinajstić information content (AvgIpc) is 2.60. The minimum Gasteiger partial charge on any atom is -0.479 e. The van der Waals surface area contributed by atoms with Gasteiger partial charge in [-0.05, 0) is 43.7 Å². The van der Waals surface area contributed by atoms with Crippen LogP contribution in [0, 0.1) is 18.3 Å². The van der Waals surface area contributed by atoms with E-state index in [0.29, 0.717) is 11.1 Å². The Morgan fingerprint density at radius 1 is 1.12 bits per heavy atom. The van der Waals surface area contributed by atoms with E-state index in [1.807, 2.05) is 6.07 Å². The first kappa shape index (κ1) is 19.3. The normalized spacial score (nSPS) is 13.4. The SMILES string of the molecule is Cc1ccccc1[C@@H](OC(=O)[C@H](C)Oc1ccc(C#N)cc1)C(F)(F)F. The summed E-state index contributed by atoms with van der Waals surface area (Å²) in [7, 11) is 0.